The van der Waals surface area contributed by atoms with Gasteiger partial charge in [-0.3, -0.25) is 0 Å². The van der Waals surface area contributed by atoms with Crippen molar-refractivity contribution in [3.05, 3.63) is 59.7 Å². The van der Waals surface area contributed by atoms with Crippen LogP contribution >= 0.6 is 0 Å². The number of benzene rings is 2. The van der Waals surface area contributed by atoms with Crippen molar-refractivity contribution < 1.29 is 29.3 Å². The van der Waals surface area contributed by atoms with Crippen LogP contribution in [0.5, 0.6) is 11.5 Å². The second-order valence-corrected chi connectivity index (χ2v) is 5.93. The Kier molecular flexibility index (Phi) is 7.02. The number of carboxylic acid groups (broad SMARTS) is 2. The monoisotopic (exact) mass is 358 g/mol. The standard InChI is InChI=1S/C20H22O6/c1-14(26-18-11-7-16(8-12-18)20(23)24)4-2-3-13-25-17-9-5-15(6-10-17)19(21)22/h5-12,14H,2-4,13H2,1H3,(H,21,22)(H,23,24). The Labute approximate surface area is 152 Å². The molecule has 0 aromatic heterocycles. The van der Waals surface area contributed by atoms with Crippen LogP contribution in [0.25, 0.3) is 0 Å². The first-order valence-corrected chi connectivity index (χ1v) is 8.42. The van der Waals surface area contributed by atoms with E-state index in [9.17, 15) is 9.59 Å². The predicted molar refractivity (Wildman–Crippen MR) is 96.2 cm³/mol. The van der Waals surface area contributed by atoms with Gasteiger partial charge in [-0.05, 0) is 74.7 Å². The number of carboxylic acids is 2. The minimum absolute atomic E-state index is 0.0144. The van der Waals surface area contributed by atoms with E-state index in [4.69, 9.17) is 19.7 Å². The number of unbranched alkanes of at least 4 members (excludes halogenated alkanes) is 1. The summed E-state index contributed by atoms with van der Waals surface area (Å²) in [6.07, 6.45) is 2.64. The molecule has 2 aromatic rings. The van der Waals surface area contributed by atoms with Gasteiger partial charge >= 0.3 is 11.9 Å². The van der Waals surface area contributed by atoms with Crippen LogP contribution in [0.4, 0.5) is 0 Å². The van der Waals surface area contributed by atoms with Crippen LogP contribution < -0.4 is 9.47 Å². The lowest BCUT2D eigenvalue weighted by molar-refractivity contribution is 0.0686. The Bertz CT molecular complexity index is 721. The first-order chi connectivity index (χ1) is 12.5. The largest absolute Gasteiger partial charge is 0.494 e. The molecule has 0 spiro atoms. The minimum atomic E-state index is -0.956. The predicted octanol–water partition coefficient (Wildman–Crippen LogP) is 4.10. The quantitative estimate of drug-likeness (QED) is 0.621. The van der Waals surface area contributed by atoms with Crippen molar-refractivity contribution in [3.63, 3.8) is 0 Å². The number of aromatic carboxylic acids is 2. The van der Waals surface area contributed by atoms with Crippen molar-refractivity contribution in [1.29, 1.82) is 0 Å². The summed E-state index contributed by atoms with van der Waals surface area (Å²) in [4.78, 5) is 21.6. The summed E-state index contributed by atoms with van der Waals surface area (Å²) in [6, 6.07) is 12.7. The molecule has 0 bridgehead atoms. The van der Waals surface area contributed by atoms with Crippen molar-refractivity contribution in [2.75, 3.05) is 6.61 Å². The third kappa shape index (κ3) is 6.12. The van der Waals surface area contributed by atoms with Crippen LogP contribution in [-0.4, -0.2) is 34.9 Å². The number of rotatable bonds is 10. The SMILES string of the molecule is CC(CCCCOc1ccc(C(=O)O)cc1)Oc1ccc(C(=O)O)cc1. The lowest BCUT2D eigenvalue weighted by Crippen LogP contribution is -2.12. The first-order valence-electron chi connectivity index (χ1n) is 8.42. The van der Waals surface area contributed by atoms with Crippen LogP contribution in [0, 0.1) is 0 Å². The van der Waals surface area contributed by atoms with Crippen LogP contribution in [0.15, 0.2) is 48.5 Å². The Hall–Kier alpha value is -3.02. The summed E-state index contributed by atoms with van der Waals surface area (Å²) in [5.41, 5.74) is 0.471. The van der Waals surface area contributed by atoms with Gasteiger partial charge in [0.05, 0.1) is 23.8 Å². The molecule has 0 amide bonds. The highest BCUT2D eigenvalue weighted by Crippen LogP contribution is 2.17. The highest BCUT2D eigenvalue weighted by atomic mass is 16.5. The third-order valence-corrected chi connectivity index (χ3v) is 3.81. The first kappa shape index (κ1) is 19.3. The molecule has 6 nitrogen and oxygen atoms in total. The molecule has 2 rings (SSSR count). The normalized spacial score (nSPS) is 11.6. The average Bonchev–Trinajstić information content (AvgIpc) is 2.62. The maximum absolute atomic E-state index is 10.8. The van der Waals surface area contributed by atoms with Gasteiger partial charge in [0.25, 0.3) is 0 Å². The molecular weight excluding hydrogens is 336 g/mol. The van der Waals surface area contributed by atoms with E-state index in [-0.39, 0.29) is 17.2 Å². The lowest BCUT2D eigenvalue weighted by atomic mass is 10.1. The summed E-state index contributed by atoms with van der Waals surface area (Å²) in [7, 11) is 0. The summed E-state index contributed by atoms with van der Waals surface area (Å²) in [5.74, 6) is -0.611. The summed E-state index contributed by atoms with van der Waals surface area (Å²) in [5, 5.41) is 17.7. The lowest BCUT2D eigenvalue weighted by Gasteiger charge is -2.15. The molecule has 1 atom stereocenters. The topological polar surface area (TPSA) is 93.1 Å². The van der Waals surface area contributed by atoms with E-state index in [1.54, 1.807) is 24.3 Å². The highest BCUT2D eigenvalue weighted by molar-refractivity contribution is 5.88. The Morgan fingerprint density at radius 3 is 1.85 bits per heavy atom. The maximum Gasteiger partial charge on any atom is 0.335 e. The molecule has 0 aliphatic rings. The van der Waals surface area contributed by atoms with Gasteiger partial charge in [0.15, 0.2) is 0 Å². The number of carbonyl (C=O) groups is 2. The second-order valence-electron chi connectivity index (χ2n) is 5.93. The molecule has 0 fully saturated rings. The zero-order valence-electron chi connectivity index (χ0n) is 14.6. The molecule has 1 unspecified atom stereocenters. The molecule has 0 saturated carbocycles. The van der Waals surface area contributed by atoms with Gasteiger partial charge in [-0.15, -0.1) is 0 Å². The molecule has 2 aromatic carbocycles. The molecule has 0 aliphatic heterocycles. The number of ether oxygens (including phenoxy) is 2. The zero-order valence-corrected chi connectivity index (χ0v) is 14.6. The van der Waals surface area contributed by atoms with E-state index < -0.39 is 11.9 Å². The van der Waals surface area contributed by atoms with E-state index in [1.165, 1.54) is 24.3 Å². The van der Waals surface area contributed by atoms with E-state index >= 15 is 0 Å². The summed E-state index contributed by atoms with van der Waals surface area (Å²) < 4.78 is 11.3. The van der Waals surface area contributed by atoms with Gasteiger partial charge < -0.3 is 19.7 Å². The van der Waals surface area contributed by atoms with E-state index in [2.05, 4.69) is 0 Å². The molecule has 0 radical (unpaired) electrons. The van der Waals surface area contributed by atoms with Crippen molar-refractivity contribution in [1.82, 2.24) is 0 Å². The highest BCUT2D eigenvalue weighted by Gasteiger charge is 2.07. The fourth-order valence-electron chi connectivity index (χ4n) is 2.38. The molecule has 0 aliphatic carbocycles. The van der Waals surface area contributed by atoms with E-state index in [0.717, 1.165) is 19.3 Å². The van der Waals surface area contributed by atoms with Crippen molar-refractivity contribution >= 4 is 11.9 Å². The molecule has 0 heterocycles. The van der Waals surface area contributed by atoms with E-state index in [1.807, 2.05) is 6.92 Å². The Balaban J connectivity index is 1.64. The van der Waals surface area contributed by atoms with Crippen molar-refractivity contribution in [2.24, 2.45) is 0 Å². The average molecular weight is 358 g/mol. The van der Waals surface area contributed by atoms with Gasteiger partial charge in [-0.2, -0.15) is 0 Å². The molecule has 26 heavy (non-hydrogen) atoms. The summed E-state index contributed by atoms with van der Waals surface area (Å²) in [6.45, 7) is 2.52. The maximum atomic E-state index is 10.8. The second kappa shape index (κ2) is 9.46. The van der Waals surface area contributed by atoms with Gasteiger partial charge in [-0.25, -0.2) is 9.59 Å². The molecule has 138 valence electrons. The smallest absolute Gasteiger partial charge is 0.335 e. The third-order valence-electron chi connectivity index (χ3n) is 3.81. The minimum Gasteiger partial charge on any atom is -0.494 e. The van der Waals surface area contributed by atoms with Crippen LogP contribution in [-0.2, 0) is 0 Å². The molecule has 2 N–H and O–H groups in total. The number of hydrogen-bond acceptors (Lipinski definition) is 4. The van der Waals surface area contributed by atoms with Gasteiger partial charge in [0.1, 0.15) is 11.5 Å². The van der Waals surface area contributed by atoms with E-state index in [0.29, 0.717) is 18.1 Å². The van der Waals surface area contributed by atoms with Crippen molar-refractivity contribution in [3.8, 4) is 11.5 Å². The van der Waals surface area contributed by atoms with Gasteiger partial charge in [0.2, 0.25) is 0 Å². The summed E-state index contributed by atoms with van der Waals surface area (Å²) >= 11 is 0. The van der Waals surface area contributed by atoms with Crippen molar-refractivity contribution in [2.45, 2.75) is 32.3 Å². The Morgan fingerprint density at radius 1 is 0.846 bits per heavy atom. The van der Waals surface area contributed by atoms with Crippen LogP contribution in [0.1, 0.15) is 46.9 Å². The Morgan fingerprint density at radius 2 is 1.35 bits per heavy atom. The van der Waals surface area contributed by atoms with Gasteiger partial charge in [0, 0.05) is 0 Å². The molecular formula is C20H22O6. The fourth-order valence-corrected chi connectivity index (χ4v) is 2.38. The zero-order chi connectivity index (χ0) is 18.9. The van der Waals surface area contributed by atoms with Gasteiger partial charge in [-0.1, -0.05) is 0 Å². The number of hydrogen-bond donors (Lipinski definition) is 2. The van der Waals surface area contributed by atoms with Crippen LogP contribution in [0.2, 0.25) is 0 Å². The molecule has 0 saturated heterocycles. The van der Waals surface area contributed by atoms with Crippen LogP contribution in [0.3, 0.4) is 0 Å². The molecule has 6 heteroatoms. The fraction of sp³-hybridized carbons (Fsp3) is 0.300.